The first-order valence-electron chi connectivity index (χ1n) is 8.77. The van der Waals surface area contributed by atoms with Gasteiger partial charge in [-0.1, -0.05) is 29.3 Å². The molecule has 1 aromatic carbocycles. The molecule has 0 N–H and O–H groups in total. The van der Waals surface area contributed by atoms with E-state index in [9.17, 15) is 4.79 Å². The Morgan fingerprint density at radius 1 is 1.22 bits per heavy atom. The number of halogens is 2. The van der Waals surface area contributed by atoms with Gasteiger partial charge in [-0.05, 0) is 37.1 Å². The third-order valence-electron chi connectivity index (χ3n) is 4.72. The van der Waals surface area contributed by atoms with Crippen molar-refractivity contribution in [2.75, 3.05) is 19.7 Å². The maximum atomic E-state index is 12.6. The highest BCUT2D eigenvalue weighted by atomic mass is 35.5. The van der Waals surface area contributed by atoms with Crippen molar-refractivity contribution in [3.63, 3.8) is 0 Å². The number of nitrogens with zero attached hydrogens (tertiary/aromatic N) is 4. The number of benzene rings is 1. The standard InChI is InChI=1S/C19H18Cl2N4O2/c20-14-6-7-15(21)16(10-14)27-12-18(26)24-8-3-4-13(11-24)19-23-22-17-5-1-2-9-25(17)19/h1-2,5-7,9-10,13H,3-4,8,11-12H2/t13-/m1/s1. The van der Waals surface area contributed by atoms with Crippen LogP contribution in [0.2, 0.25) is 10.0 Å². The van der Waals surface area contributed by atoms with Gasteiger partial charge in [-0.2, -0.15) is 0 Å². The number of hydrogen-bond acceptors (Lipinski definition) is 4. The molecule has 1 fully saturated rings. The summed E-state index contributed by atoms with van der Waals surface area (Å²) in [5, 5.41) is 9.50. The Labute approximate surface area is 166 Å². The highest BCUT2D eigenvalue weighted by Crippen LogP contribution is 2.29. The number of aromatic nitrogens is 3. The van der Waals surface area contributed by atoms with Gasteiger partial charge in [0, 0.05) is 36.3 Å². The minimum Gasteiger partial charge on any atom is -0.482 e. The van der Waals surface area contributed by atoms with E-state index < -0.39 is 0 Å². The Morgan fingerprint density at radius 2 is 2.11 bits per heavy atom. The second kappa shape index (κ2) is 7.74. The summed E-state index contributed by atoms with van der Waals surface area (Å²) in [6.07, 6.45) is 3.84. The fraction of sp³-hybridized carbons (Fsp3) is 0.316. The van der Waals surface area contributed by atoms with E-state index in [-0.39, 0.29) is 18.4 Å². The Balaban J connectivity index is 1.43. The monoisotopic (exact) mass is 404 g/mol. The maximum Gasteiger partial charge on any atom is 0.260 e. The molecule has 1 aliphatic rings. The second-order valence-electron chi connectivity index (χ2n) is 6.53. The van der Waals surface area contributed by atoms with Crippen LogP contribution in [0.5, 0.6) is 5.75 Å². The zero-order chi connectivity index (χ0) is 18.8. The number of carbonyl (C=O) groups excluding carboxylic acids is 1. The van der Waals surface area contributed by atoms with Crippen molar-refractivity contribution >= 4 is 34.8 Å². The largest absolute Gasteiger partial charge is 0.482 e. The number of piperidine rings is 1. The number of hydrogen-bond donors (Lipinski definition) is 0. The van der Waals surface area contributed by atoms with Gasteiger partial charge in [-0.25, -0.2) is 0 Å². The van der Waals surface area contributed by atoms with E-state index in [2.05, 4.69) is 10.2 Å². The van der Waals surface area contributed by atoms with Crippen LogP contribution < -0.4 is 4.74 Å². The van der Waals surface area contributed by atoms with E-state index in [1.165, 1.54) is 0 Å². The Bertz CT molecular complexity index is 975. The van der Waals surface area contributed by atoms with Crippen LogP contribution in [0.25, 0.3) is 5.65 Å². The predicted molar refractivity (Wildman–Crippen MR) is 103 cm³/mol. The van der Waals surface area contributed by atoms with Crippen LogP contribution in [-0.2, 0) is 4.79 Å². The number of fused-ring (bicyclic) bond motifs is 1. The summed E-state index contributed by atoms with van der Waals surface area (Å²) in [4.78, 5) is 14.4. The molecule has 0 radical (unpaired) electrons. The van der Waals surface area contributed by atoms with Crippen LogP contribution in [0.3, 0.4) is 0 Å². The molecule has 2 aromatic heterocycles. The van der Waals surface area contributed by atoms with Crippen LogP contribution in [0, 0.1) is 0 Å². The van der Waals surface area contributed by atoms with Gasteiger partial charge in [0.1, 0.15) is 11.6 Å². The molecule has 1 saturated heterocycles. The average molecular weight is 405 g/mol. The Kier molecular flexibility index (Phi) is 5.18. The van der Waals surface area contributed by atoms with Gasteiger partial charge >= 0.3 is 0 Å². The molecule has 4 rings (SSSR count). The third-order valence-corrected chi connectivity index (χ3v) is 5.27. The van der Waals surface area contributed by atoms with Crippen LogP contribution in [0.15, 0.2) is 42.6 Å². The van der Waals surface area contributed by atoms with Crippen LogP contribution in [-0.4, -0.2) is 45.1 Å². The first-order chi connectivity index (χ1) is 13.1. The third kappa shape index (κ3) is 3.87. The molecule has 0 spiro atoms. The number of carbonyl (C=O) groups is 1. The first kappa shape index (κ1) is 18.1. The molecule has 0 bridgehead atoms. The molecule has 140 valence electrons. The number of ether oxygens (including phenoxy) is 1. The lowest BCUT2D eigenvalue weighted by molar-refractivity contribution is -0.134. The predicted octanol–water partition coefficient (Wildman–Crippen LogP) is 3.82. The highest BCUT2D eigenvalue weighted by Gasteiger charge is 2.28. The maximum absolute atomic E-state index is 12.6. The smallest absolute Gasteiger partial charge is 0.260 e. The topological polar surface area (TPSA) is 59.7 Å². The van der Waals surface area contributed by atoms with Gasteiger partial charge in [0.05, 0.1) is 5.02 Å². The molecule has 6 nitrogen and oxygen atoms in total. The van der Waals surface area contributed by atoms with Crippen molar-refractivity contribution < 1.29 is 9.53 Å². The van der Waals surface area contributed by atoms with Crippen LogP contribution in [0.4, 0.5) is 0 Å². The lowest BCUT2D eigenvalue weighted by atomic mass is 9.97. The normalized spacial score (nSPS) is 17.3. The number of amides is 1. The molecule has 0 aliphatic carbocycles. The van der Waals surface area contributed by atoms with E-state index in [1.54, 1.807) is 18.2 Å². The second-order valence-corrected chi connectivity index (χ2v) is 7.37. The molecule has 8 heteroatoms. The van der Waals surface area contributed by atoms with Gasteiger partial charge in [-0.15, -0.1) is 10.2 Å². The van der Waals surface area contributed by atoms with E-state index in [0.717, 1.165) is 24.3 Å². The van der Waals surface area contributed by atoms with Gasteiger partial charge in [0.15, 0.2) is 12.3 Å². The minimum absolute atomic E-state index is 0.0760. The number of pyridine rings is 1. The summed E-state index contributed by atoms with van der Waals surface area (Å²) in [7, 11) is 0. The average Bonchev–Trinajstić information content (AvgIpc) is 3.13. The number of rotatable bonds is 4. The van der Waals surface area contributed by atoms with Crippen molar-refractivity contribution in [2.45, 2.75) is 18.8 Å². The lowest BCUT2D eigenvalue weighted by Crippen LogP contribution is -2.42. The molecule has 1 aliphatic heterocycles. The summed E-state index contributed by atoms with van der Waals surface area (Å²) in [5.41, 5.74) is 0.815. The van der Waals surface area contributed by atoms with E-state index in [0.29, 0.717) is 28.9 Å². The molecular formula is C19H18Cl2N4O2. The van der Waals surface area contributed by atoms with Gasteiger partial charge in [0.25, 0.3) is 5.91 Å². The van der Waals surface area contributed by atoms with E-state index in [1.807, 2.05) is 33.7 Å². The van der Waals surface area contributed by atoms with Gasteiger partial charge < -0.3 is 9.64 Å². The molecule has 3 heterocycles. The van der Waals surface area contributed by atoms with Gasteiger partial charge in [-0.3, -0.25) is 9.20 Å². The summed E-state index contributed by atoms with van der Waals surface area (Å²) >= 11 is 12.0. The Hall–Kier alpha value is -2.31. The van der Waals surface area contributed by atoms with E-state index in [4.69, 9.17) is 27.9 Å². The van der Waals surface area contributed by atoms with Crippen molar-refractivity contribution in [3.05, 3.63) is 58.5 Å². The SMILES string of the molecule is O=C(COc1cc(Cl)ccc1Cl)N1CCC[C@@H](c2nnc3ccccn23)C1. The molecule has 3 aromatic rings. The summed E-state index contributed by atoms with van der Waals surface area (Å²) < 4.78 is 7.58. The van der Waals surface area contributed by atoms with Crippen molar-refractivity contribution in [1.29, 1.82) is 0 Å². The molecule has 0 saturated carbocycles. The fourth-order valence-corrected chi connectivity index (χ4v) is 3.71. The summed E-state index contributed by atoms with van der Waals surface area (Å²) in [5.74, 6) is 1.37. The fourth-order valence-electron chi connectivity index (χ4n) is 3.37. The minimum atomic E-state index is -0.0791. The quantitative estimate of drug-likeness (QED) is 0.662. The highest BCUT2D eigenvalue weighted by molar-refractivity contribution is 6.34. The Morgan fingerprint density at radius 3 is 3.00 bits per heavy atom. The zero-order valence-electron chi connectivity index (χ0n) is 14.5. The molecular weight excluding hydrogens is 387 g/mol. The van der Waals surface area contributed by atoms with Crippen LogP contribution >= 0.6 is 23.2 Å². The van der Waals surface area contributed by atoms with Crippen molar-refractivity contribution in [2.24, 2.45) is 0 Å². The summed E-state index contributed by atoms with van der Waals surface area (Å²) in [6, 6.07) is 10.7. The molecule has 1 atom stereocenters. The molecule has 1 amide bonds. The van der Waals surface area contributed by atoms with E-state index >= 15 is 0 Å². The molecule has 27 heavy (non-hydrogen) atoms. The zero-order valence-corrected chi connectivity index (χ0v) is 16.0. The van der Waals surface area contributed by atoms with Crippen LogP contribution in [0.1, 0.15) is 24.6 Å². The van der Waals surface area contributed by atoms with Crippen molar-refractivity contribution in [1.82, 2.24) is 19.5 Å². The first-order valence-corrected chi connectivity index (χ1v) is 9.52. The number of likely N-dealkylation sites (tertiary alicyclic amines) is 1. The lowest BCUT2D eigenvalue weighted by Gasteiger charge is -2.32. The van der Waals surface area contributed by atoms with Crippen molar-refractivity contribution in [3.8, 4) is 5.75 Å². The summed E-state index contributed by atoms with van der Waals surface area (Å²) in [6.45, 7) is 1.23. The van der Waals surface area contributed by atoms with Gasteiger partial charge in [0.2, 0.25) is 0 Å². The molecule has 0 unspecified atom stereocenters.